The van der Waals surface area contributed by atoms with Crippen molar-refractivity contribution in [1.82, 2.24) is 0 Å². The first-order valence-electron chi connectivity index (χ1n) is 8.93. The van der Waals surface area contributed by atoms with Crippen LogP contribution in [0.15, 0.2) is 78.9 Å². The maximum atomic E-state index is 10.8. The van der Waals surface area contributed by atoms with Crippen LogP contribution in [0.2, 0.25) is 0 Å². The second kappa shape index (κ2) is 9.43. The van der Waals surface area contributed by atoms with Crippen LogP contribution in [0, 0.1) is 0 Å². The van der Waals surface area contributed by atoms with Crippen LogP contribution in [0.3, 0.4) is 0 Å². The van der Waals surface area contributed by atoms with Gasteiger partial charge in [-0.3, -0.25) is 4.79 Å². The lowest BCUT2D eigenvalue weighted by Crippen LogP contribution is -2.10. The molecule has 0 aromatic heterocycles. The number of aliphatic carboxylic acids is 1. The van der Waals surface area contributed by atoms with E-state index in [4.69, 9.17) is 14.6 Å². The van der Waals surface area contributed by atoms with Gasteiger partial charge in [0.1, 0.15) is 24.7 Å². The van der Waals surface area contributed by atoms with Crippen molar-refractivity contribution < 1.29 is 19.4 Å². The molecule has 0 atom stereocenters. The molecule has 0 radical (unpaired) electrons. The van der Waals surface area contributed by atoms with Crippen molar-refractivity contribution in [1.29, 1.82) is 0 Å². The first kappa shape index (κ1) is 18.5. The fourth-order valence-electron chi connectivity index (χ4n) is 2.78. The van der Waals surface area contributed by atoms with Gasteiger partial charge in [0, 0.05) is 6.42 Å². The normalized spacial score (nSPS) is 10.4. The second-order valence-corrected chi connectivity index (χ2v) is 6.09. The fraction of sp³-hybridized carbons (Fsp3) is 0.174. The highest BCUT2D eigenvalue weighted by Gasteiger charge is 2.06. The molecule has 0 saturated heterocycles. The monoisotopic (exact) mass is 362 g/mol. The Bertz CT molecular complexity index is 857. The molecule has 4 nitrogen and oxygen atoms in total. The van der Waals surface area contributed by atoms with E-state index in [9.17, 15) is 4.79 Å². The summed E-state index contributed by atoms with van der Waals surface area (Å²) in [7, 11) is 0. The number of para-hydroxylation sites is 1. The van der Waals surface area contributed by atoms with Crippen LogP contribution in [-0.4, -0.2) is 24.3 Å². The Kier molecular flexibility index (Phi) is 6.47. The van der Waals surface area contributed by atoms with Crippen LogP contribution < -0.4 is 9.47 Å². The lowest BCUT2D eigenvalue weighted by atomic mass is 10.1. The molecule has 4 heteroatoms. The molecule has 1 N–H and O–H groups in total. The predicted octanol–water partition coefficient (Wildman–Crippen LogP) is 4.83. The Morgan fingerprint density at radius 1 is 0.741 bits per heavy atom. The lowest BCUT2D eigenvalue weighted by molar-refractivity contribution is -0.136. The minimum absolute atomic E-state index is 0.0879. The van der Waals surface area contributed by atoms with E-state index in [1.54, 1.807) is 0 Å². The van der Waals surface area contributed by atoms with E-state index < -0.39 is 5.97 Å². The van der Waals surface area contributed by atoms with Crippen LogP contribution in [0.4, 0.5) is 0 Å². The van der Waals surface area contributed by atoms with Crippen molar-refractivity contribution in [3.05, 3.63) is 84.4 Å². The summed E-state index contributed by atoms with van der Waals surface area (Å²) in [5.74, 6) is 0.686. The summed E-state index contributed by atoms with van der Waals surface area (Å²) in [4.78, 5) is 10.8. The van der Waals surface area contributed by atoms with Crippen molar-refractivity contribution in [2.24, 2.45) is 0 Å². The Hall–Kier alpha value is -3.27. The quantitative estimate of drug-likeness (QED) is 0.554. The molecule has 0 amide bonds. The number of rotatable bonds is 9. The molecule has 3 rings (SSSR count). The maximum absolute atomic E-state index is 10.8. The predicted molar refractivity (Wildman–Crippen MR) is 105 cm³/mol. The van der Waals surface area contributed by atoms with Gasteiger partial charge in [0.2, 0.25) is 0 Å². The largest absolute Gasteiger partial charge is 0.490 e. The first-order chi connectivity index (χ1) is 13.2. The number of carboxylic acids is 1. The van der Waals surface area contributed by atoms with E-state index >= 15 is 0 Å². The number of carboxylic acid groups (broad SMARTS) is 1. The number of hydrogen-bond acceptors (Lipinski definition) is 3. The van der Waals surface area contributed by atoms with E-state index in [1.807, 2.05) is 66.7 Å². The average molecular weight is 362 g/mol. The average Bonchev–Trinajstić information content (AvgIpc) is 2.71. The van der Waals surface area contributed by atoms with E-state index in [2.05, 4.69) is 12.1 Å². The molecule has 0 bridgehead atoms. The smallest absolute Gasteiger partial charge is 0.303 e. The SMILES string of the molecule is O=C(O)CCc1ccccc1OCCOc1ccc(-c2ccccc2)cc1. The minimum Gasteiger partial charge on any atom is -0.490 e. The molecule has 0 aliphatic carbocycles. The summed E-state index contributed by atoms with van der Waals surface area (Å²) in [6, 6.07) is 25.7. The second-order valence-electron chi connectivity index (χ2n) is 6.09. The molecule has 0 heterocycles. The standard InChI is InChI=1S/C23H22O4/c24-23(25)15-12-20-8-4-5-9-22(20)27-17-16-26-21-13-10-19(11-14-21)18-6-2-1-3-7-18/h1-11,13-14H,12,15-17H2,(H,24,25). The van der Waals surface area contributed by atoms with Gasteiger partial charge in [-0.25, -0.2) is 0 Å². The van der Waals surface area contributed by atoms with Crippen LogP contribution in [0.25, 0.3) is 11.1 Å². The summed E-state index contributed by atoms with van der Waals surface area (Å²) in [5, 5.41) is 8.84. The number of ether oxygens (including phenoxy) is 2. The molecule has 138 valence electrons. The molecular formula is C23H22O4. The van der Waals surface area contributed by atoms with Crippen molar-refractivity contribution in [3.63, 3.8) is 0 Å². The third-order valence-electron chi connectivity index (χ3n) is 4.15. The van der Waals surface area contributed by atoms with E-state index in [0.717, 1.165) is 16.9 Å². The molecule has 0 fully saturated rings. The van der Waals surface area contributed by atoms with E-state index in [-0.39, 0.29) is 6.42 Å². The highest BCUT2D eigenvalue weighted by atomic mass is 16.5. The number of hydrogen-bond donors (Lipinski definition) is 1. The summed E-state index contributed by atoms with van der Waals surface area (Å²) in [6.07, 6.45) is 0.540. The summed E-state index contributed by atoms with van der Waals surface area (Å²) >= 11 is 0. The first-order valence-corrected chi connectivity index (χ1v) is 8.93. The zero-order valence-corrected chi connectivity index (χ0v) is 15.0. The molecule has 0 saturated carbocycles. The Morgan fingerprint density at radius 3 is 2.11 bits per heavy atom. The van der Waals surface area contributed by atoms with Crippen LogP contribution in [-0.2, 0) is 11.2 Å². The number of benzene rings is 3. The van der Waals surface area contributed by atoms with Crippen molar-refractivity contribution in [2.45, 2.75) is 12.8 Å². The third kappa shape index (κ3) is 5.61. The summed E-state index contributed by atoms with van der Waals surface area (Å²) in [6.45, 7) is 0.808. The Morgan fingerprint density at radius 2 is 1.37 bits per heavy atom. The van der Waals surface area contributed by atoms with Gasteiger partial charge in [-0.15, -0.1) is 0 Å². The third-order valence-corrected chi connectivity index (χ3v) is 4.15. The van der Waals surface area contributed by atoms with Crippen molar-refractivity contribution in [3.8, 4) is 22.6 Å². The van der Waals surface area contributed by atoms with Gasteiger partial charge in [0.25, 0.3) is 0 Å². The highest BCUT2D eigenvalue weighted by molar-refractivity contribution is 5.67. The topological polar surface area (TPSA) is 55.8 Å². The van der Waals surface area contributed by atoms with Gasteiger partial charge < -0.3 is 14.6 Å². The van der Waals surface area contributed by atoms with Gasteiger partial charge in [0.05, 0.1) is 0 Å². The molecule has 27 heavy (non-hydrogen) atoms. The van der Waals surface area contributed by atoms with Gasteiger partial charge in [0.15, 0.2) is 0 Å². The summed E-state index contributed by atoms with van der Waals surface area (Å²) in [5.41, 5.74) is 3.21. The van der Waals surface area contributed by atoms with Crippen molar-refractivity contribution in [2.75, 3.05) is 13.2 Å². The fourth-order valence-corrected chi connectivity index (χ4v) is 2.78. The van der Waals surface area contributed by atoms with E-state index in [1.165, 1.54) is 5.56 Å². The zero-order valence-electron chi connectivity index (χ0n) is 15.0. The number of carbonyl (C=O) groups is 1. The van der Waals surface area contributed by atoms with Crippen LogP contribution in [0.5, 0.6) is 11.5 Å². The van der Waals surface area contributed by atoms with E-state index in [0.29, 0.717) is 25.4 Å². The molecule has 0 spiro atoms. The molecule has 3 aromatic rings. The zero-order chi connectivity index (χ0) is 18.9. The lowest BCUT2D eigenvalue weighted by Gasteiger charge is -2.12. The highest BCUT2D eigenvalue weighted by Crippen LogP contribution is 2.22. The number of aryl methyl sites for hydroxylation is 1. The van der Waals surface area contributed by atoms with Gasteiger partial charge in [-0.05, 0) is 41.3 Å². The molecule has 3 aromatic carbocycles. The van der Waals surface area contributed by atoms with Gasteiger partial charge in [-0.1, -0.05) is 60.7 Å². The van der Waals surface area contributed by atoms with Crippen LogP contribution in [0.1, 0.15) is 12.0 Å². The molecular weight excluding hydrogens is 340 g/mol. The Labute approximate surface area is 159 Å². The molecule has 0 aliphatic rings. The Balaban J connectivity index is 1.49. The van der Waals surface area contributed by atoms with Crippen molar-refractivity contribution >= 4 is 5.97 Å². The van der Waals surface area contributed by atoms with Gasteiger partial charge in [-0.2, -0.15) is 0 Å². The molecule has 0 unspecified atom stereocenters. The van der Waals surface area contributed by atoms with Gasteiger partial charge >= 0.3 is 5.97 Å². The summed E-state index contributed by atoms with van der Waals surface area (Å²) < 4.78 is 11.5. The van der Waals surface area contributed by atoms with Crippen LogP contribution >= 0.6 is 0 Å². The minimum atomic E-state index is -0.813. The molecule has 0 aliphatic heterocycles. The maximum Gasteiger partial charge on any atom is 0.303 e.